The van der Waals surface area contributed by atoms with Crippen molar-refractivity contribution in [3.05, 3.63) is 93.9 Å². The molecule has 3 aromatic carbocycles. The summed E-state index contributed by atoms with van der Waals surface area (Å²) < 4.78 is 16.2. The Hall–Kier alpha value is -5.90. The van der Waals surface area contributed by atoms with Crippen LogP contribution in [0.2, 0.25) is 0 Å². The van der Waals surface area contributed by atoms with Crippen LogP contribution < -0.4 is 16.2 Å². The molecule has 4 aliphatic rings. The van der Waals surface area contributed by atoms with Crippen LogP contribution in [-0.4, -0.2) is 100 Å². The van der Waals surface area contributed by atoms with E-state index >= 15 is 0 Å². The van der Waals surface area contributed by atoms with Gasteiger partial charge in [0.1, 0.15) is 17.7 Å². The van der Waals surface area contributed by atoms with Crippen LogP contribution in [0, 0.1) is 11.3 Å². The number of nitrogens with one attached hydrogen (secondary N) is 4. The van der Waals surface area contributed by atoms with Crippen LogP contribution in [0.5, 0.6) is 0 Å². The fourth-order valence-electron chi connectivity index (χ4n) is 11.6. The summed E-state index contributed by atoms with van der Waals surface area (Å²) in [6, 6.07) is 17.9. The number of carbonyl (C=O) groups is 3. The maximum absolute atomic E-state index is 14.0. The molecule has 4 atom stereocenters. The summed E-state index contributed by atoms with van der Waals surface area (Å²) in [4.78, 5) is 73.9. The number of alkyl carbamates (subject to hydrolysis) is 1. The van der Waals surface area contributed by atoms with Crippen molar-refractivity contribution in [2.45, 2.75) is 135 Å². The molecular formula is C55H70N8O7. The lowest BCUT2D eigenvalue weighted by atomic mass is 9.82. The number of imidazole rings is 1. The molecule has 1 unspecified atom stereocenters. The Morgan fingerprint density at radius 1 is 0.829 bits per heavy atom. The number of piperidine rings is 2. The summed E-state index contributed by atoms with van der Waals surface area (Å²) in [6.07, 6.45) is 14.2. The van der Waals surface area contributed by atoms with Crippen LogP contribution in [0.4, 0.5) is 4.79 Å². The van der Waals surface area contributed by atoms with Gasteiger partial charge in [-0.15, -0.1) is 0 Å². The van der Waals surface area contributed by atoms with Gasteiger partial charge in [-0.25, -0.2) is 14.8 Å². The number of carbonyl (C=O) groups excluding carboxylic acids is 3. The van der Waals surface area contributed by atoms with Gasteiger partial charge in [0.05, 0.1) is 55.1 Å². The standard InChI is InChI=1S/C55H70N8O7/c1-7-28-70-54(4,69-6)57-33-47(64)62-26-12-8-15-46(62)50-58-43-23-20-37(29-40(43)51(65)61-50)39-22-21-38(41-30-55(31-42(39)41)24-10-11-25-55)35-16-18-36(19-17-35)44-32-56-49(59-44)45-14-9-13-27-63(45)52(66)48(34(2)3)60-53(67)68-5/h16-23,29,32,34,45-46,48,57H,7-15,24-28,30-31,33H2,1-6H3,(H,56,59)(H,60,67)(H,58,61,65)/t45-,46-,48-,54?/m0/s1. The minimum absolute atomic E-state index is 0.0266. The predicted octanol–water partition coefficient (Wildman–Crippen LogP) is 9.13. The third kappa shape index (κ3) is 10.0. The fraction of sp³-hybridized carbons (Fsp3) is 0.527. The van der Waals surface area contributed by atoms with E-state index in [2.05, 4.69) is 63.1 Å². The van der Waals surface area contributed by atoms with Crippen LogP contribution in [0.1, 0.15) is 133 Å². The van der Waals surface area contributed by atoms with E-state index in [9.17, 15) is 19.2 Å². The molecule has 4 N–H and O–H groups in total. The molecule has 1 spiro atoms. The highest BCUT2D eigenvalue weighted by Crippen LogP contribution is 2.53. The van der Waals surface area contributed by atoms with Crippen LogP contribution in [-0.2, 0) is 36.6 Å². The quantitative estimate of drug-likeness (QED) is 0.0739. The molecule has 3 amide bonds. The van der Waals surface area contributed by atoms with Gasteiger partial charge in [0.25, 0.3) is 5.56 Å². The maximum Gasteiger partial charge on any atom is 0.407 e. The second-order valence-corrected chi connectivity index (χ2v) is 20.5. The Balaban J connectivity index is 0.959. The third-order valence-electron chi connectivity index (χ3n) is 15.5. The number of methoxy groups -OCH3 is 2. The van der Waals surface area contributed by atoms with Gasteiger partial charge >= 0.3 is 6.09 Å². The zero-order valence-electron chi connectivity index (χ0n) is 41.8. The smallest absolute Gasteiger partial charge is 0.407 e. The van der Waals surface area contributed by atoms with Crippen molar-refractivity contribution in [2.24, 2.45) is 11.3 Å². The Bertz CT molecular complexity index is 2760. The first kappa shape index (κ1) is 49.1. The first-order valence-electron chi connectivity index (χ1n) is 25.6. The lowest BCUT2D eigenvalue weighted by molar-refractivity contribution is -0.230. The molecule has 3 fully saturated rings. The van der Waals surface area contributed by atoms with E-state index in [4.69, 9.17) is 24.2 Å². The molecule has 9 rings (SSSR count). The number of likely N-dealkylation sites (tertiary alicyclic amines) is 2. The Labute approximate surface area is 410 Å². The van der Waals surface area contributed by atoms with Crippen molar-refractivity contribution in [1.29, 1.82) is 0 Å². The number of hydrogen-bond donors (Lipinski definition) is 4. The summed E-state index contributed by atoms with van der Waals surface area (Å²) in [6.45, 7) is 9.32. The zero-order valence-corrected chi connectivity index (χ0v) is 41.8. The molecule has 70 heavy (non-hydrogen) atoms. The summed E-state index contributed by atoms with van der Waals surface area (Å²) in [5.41, 5.74) is 9.84. The molecule has 15 nitrogen and oxygen atoms in total. The molecule has 2 aromatic heterocycles. The number of fused-ring (bicyclic) bond motifs is 2. The molecule has 1 saturated carbocycles. The largest absolute Gasteiger partial charge is 0.453 e. The highest BCUT2D eigenvalue weighted by atomic mass is 16.7. The molecule has 0 bridgehead atoms. The molecule has 372 valence electrons. The lowest BCUT2D eigenvalue weighted by Gasteiger charge is -2.37. The number of aromatic amines is 2. The second kappa shape index (κ2) is 20.8. The highest BCUT2D eigenvalue weighted by Gasteiger charge is 2.42. The van der Waals surface area contributed by atoms with Crippen molar-refractivity contribution in [2.75, 3.05) is 40.5 Å². The van der Waals surface area contributed by atoms with E-state index in [1.165, 1.54) is 49.5 Å². The number of H-pyrrole nitrogens is 2. The van der Waals surface area contributed by atoms with E-state index in [1.54, 1.807) is 14.0 Å². The van der Waals surface area contributed by atoms with Gasteiger partial charge in [-0.1, -0.05) is 76.1 Å². The molecule has 2 aliphatic heterocycles. The van der Waals surface area contributed by atoms with Crippen molar-refractivity contribution in [1.82, 2.24) is 40.4 Å². The van der Waals surface area contributed by atoms with Crippen LogP contribution in [0.3, 0.4) is 0 Å². The minimum Gasteiger partial charge on any atom is -0.453 e. The zero-order chi connectivity index (χ0) is 49.2. The number of rotatable bonds is 15. The summed E-state index contributed by atoms with van der Waals surface area (Å²) in [5, 5.41) is 6.42. The summed E-state index contributed by atoms with van der Waals surface area (Å²) in [5.74, 6) is -0.175. The monoisotopic (exact) mass is 955 g/mol. The number of aromatic nitrogens is 4. The normalized spacial score (nSPS) is 20.2. The average molecular weight is 955 g/mol. The number of nitrogens with zero attached hydrogens (tertiary/aromatic N) is 4. The number of amides is 3. The summed E-state index contributed by atoms with van der Waals surface area (Å²) in [7, 11) is 2.86. The van der Waals surface area contributed by atoms with Crippen molar-refractivity contribution < 1.29 is 28.6 Å². The third-order valence-corrected chi connectivity index (χ3v) is 15.5. The van der Waals surface area contributed by atoms with Crippen LogP contribution in [0.15, 0.2) is 65.6 Å². The van der Waals surface area contributed by atoms with Gasteiger partial charge in [-0.05, 0) is 133 Å². The topological polar surface area (TPSA) is 184 Å². The van der Waals surface area contributed by atoms with Crippen LogP contribution >= 0.6 is 0 Å². The Kier molecular flexibility index (Phi) is 14.6. The summed E-state index contributed by atoms with van der Waals surface area (Å²) >= 11 is 0. The SMILES string of the molecule is CCCOC(C)(NCC(=O)N1CCCC[C@H]1c1nc2ccc(-c3ccc(-c4ccc(-c5cnc([C@@H]6CCCCN6C(=O)[C@@H](NC(=O)OC)C(C)C)[nH]5)cc4)c4c3CC3(CCCC3)C4)cc2c(=O)[nH]1)OC. The van der Waals surface area contributed by atoms with Gasteiger partial charge in [0, 0.05) is 27.1 Å². The van der Waals surface area contributed by atoms with E-state index < -0.39 is 18.0 Å². The van der Waals surface area contributed by atoms with Gasteiger partial charge in [0.2, 0.25) is 17.7 Å². The first-order chi connectivity index (χ1) is 33.8. The molecule has 0 radical (unpaired) electrons. The predicted molar refractivity (Wildman–Crippen MR) is 270 cm³/mol. The van der Waals surface area contributed by atoms with E-state index in [0.29, 0.717) is 42.8 Å². The van der Waals surface area contributed by atoms with Gasteiger partial charge in [-0.3, -0.25) is 19.7 Å². The van der Waals surface area contributed by atoms with Gasteiger partial charge < -0.3 is 39.3 Å². The van der Waals surface area contributed by atoms with E-state index in [-0.39, 0.29) is 47.3 Å². The molecule has 4 heterocycles. The molecule has 2 saturated heterocycles. The van der Waals surface area contributed by atoms with Gasteiger partial charge in [-0.2, -0.15) is 0 Å². The first-order valence-corrected chi connectivity index (χ1v) is 25.6. The van der Waals surface area contributed by atoms with Gasteiger partial charge in [0.15, 0.2) is 0 Å². The van der Waals surface area contributed by atoms with E-state index in [0.717, 1.165) is 85.1 Å². The number of hydrogen-bond acceptors (Lipinski definition) is 10. The Morgan fingerprint density at radius 3 is 2.13 bits per heavy atom. The van der Waals surface area contributed by atoms with Crippen LogP contribution in [0.25, 0.3) is 44.4 Å². The Morgan fingerprint density at radius 2 is 1.47 bits per heavy atom. The second-order valence-electron chi connectivity index (χ2n) is 20.5. The molecular weight excluding hydrogens is 885 g/mol. The van der Waals surface area contributed by atoms with Crippen molar-refractivity contribution >= 4 is 28.8 Å². The van der Waals surface area contributed by atoms with Crippen molar-refractivity contribution in [3.63, 3.8) is 0 Å². The average Bonchev–Trinajstić information content (AvgIpc) is 4.16. The number of ether oxygens (including phenoxy) is 3. The number of benzene rings is 3. The highest BCUT2D eigenvalue weighted by molar-refractivity contribution is 5.88. The van der Waals surface area contributed by atoms with Crippen molar-refractivity contribution in [3.8, 4) is 33.5 Å². The van der Waals surface area contributed by atoms with E-state index in [1.807, 2.05) is 48.9 Å². The maximum atomic E-state index is 14.0. The lowest BCUT2D eigenvalue weighted by Crippen LogP contribution is -2.53. The molecule has 2 aliphatic carbocycles. The minimum atomic E-state index is -1.09. The molecule has 5 aromatic rings. The fourth-order valence-corrected chi connectivity index (χ4v) is 11.6. The molecule has 15 heteroatoms.